The van der Waals surface area contributed by atoms with E-state index in [2.05, 4.69) is 48.3 Å². The Kier molecular flexibility index (Phi) is 4.62. The van der Waals surface area contributed by atoms with E-state index in [1.807, 2.05) is 12.1 Å². The lowest BCUT2D eigenvalue weighted by molar-refractivity contribution is -0.0211. The third kappa shape index (κ3) is 3.37. The van der Waals surface area contributed by atoms with Gasteiger partial charge in [-0.3, -0.25) is 0 Å². The molecule has 3 heteroatoms. The minimum absolute atomic E-state index is 0.426. The Morgan fingerprint density at radius 2 is 1.46 bits per heavy atom. The van der Waals surface area contributed by atoms with Crippen LogP contribution < -0.4 is 0 Å². The molecule has 0 amide bonds. The molecule has 2 atom stereocenters. The van der Waals surface area contributed by atoms with Crippen molar-refractivity contribution in [3.63, 3.8) is 0 Å². The molecule has 2 aromatic carbocycles. The molecule has 2 aromatic rings. The maximum absolute atomic E-state index is 6.22. The van der Waals surface area contributed by atoms with E-state index in [0.29, 0.717) is 12.7 Å². The molecule has 0 saturated carbocycles. The summed E-state index contributed by atoms with van der Waals surface area (Å²) in [5.74, 6) is 0. The Hall–Kier alpha value is -1.35. The van der Waals surface area contributed by atoms with Crippen LogP contribution in [0.5, 0.6) is 0 Å². The molecule has 0 aromatic heterocycles. The summed E-state index contributed by atoms with van der Waals surface area (Å²) < 4.78 is 6.22. The van der Waals surface area contributed by atoms with Crippen LogP contribution in [0.3, 0.4) is 0 Å². The SMILES string of the molecule is CN1C2CCC1CC(OCc1ccc(-c3ccc(Cl)cc3)cc1)C2. The second-order valence-corrected chi connectivity index (χ2v) is 7.60. The third-order valence-electron chi connectivity index (χ3n) is 5.67. The number of benzene rings is 2. The summed E-state index contributed by atoms with van der Waals surface area (Å²) in [7, 11) is 2.27. The molecule has 2 unspecified atom stereocenters. The molecule has 0 N–H and O–H groups in total. The summed E-state index contributed by atoms with van der Waals surface area (Å²) in [6.45, 7) is 0.717. The van der Waals surface area contributed by atoms with Crippen molar-refractivity contribution in [3.8, 4) is 11.1 Å². The maximum Gasteiger partial charge on any atom is 0.0720 e. The fourth-order valence-electron chi connectivity index (χ4n) is 4.15. The maximum atomic E-state index is 6.22. The van der Waals surface area contributed by atoms with Crippen molar-refractivity contribution < 1.29 is 4.74 Å². The van der Waals surface area contributed by atoms with E-state index in [1.165, 1.54) is 42.4 Å². The highest BCUT2D eigenvalue weighted by molar-refractivity contribution is 6.30. The lowest BCUT2D eigenvalue weighted by Gasteiger charge is -2.36. The van der Waals surface area contributed by atoms with Crippen molar-refractivity contribution in [2.24, 2.45) is 0 Å². The molecular weight excluding hydrogens is 318 g/mol. The van der Waals surface area contributed by atoms with Gasteiger partial charge in [-0.1, -0.05) is 48.0 Å². The van der Waals surface area contributed by atoms with Crippen LogP contribution in [0, 0.1) is 0 Å². The Balaban J connectivity index is 1.35. The van der Waals surface area contributed by atoms with E-state index in [9.17, 15) is 0 Å². The molecular formula is C21H24ClNO. The number of piperidine rings is 1. The number of ether oxygens (including phenoxy) is 1. The first-order valence-corrected chi connectivity index (χ1v) is 9.25. The van der Waals surface area contributed by atoms with Crippen molar-refractivity contribution in [1.29, 1.82) is 0 Å². The second kappa shape index (κ2) is 6.87. The average molecular weight is 342 g/mol. The van der Waals surface area contributed by atoms with Gasteiger partial charge in [-0.2, -0.15) is 0 Å². The Morgan fingerprint density at radius 3 is 2.04 bits per heavy atom. The van der Waals surface area contributed by atoms with Gasteiger partial charge in [-0.15, -0.1) is 0 Å². The van der Waals surface area contributed by atoms with Crippen molar-refractivity contribution in [2.45, 2.75) is 50.5 Å². The van der Waals surface area contributed by atoms with Crippen LogP contribution in [0.15, 0.2) is 48.5 Å². The van der Waals surface area contributed by atoms with Gasteiger partial charge in [0.1, 0.15) is 0 Å². The monoisotopic (exact) mass is 341 g/mol. The second-order valence-electron chi connectivity index (χ2n) is 7.16. The van der Waals surface area contributed by atoms with Crippen LogP contribution in [0.1, 0.15) is 31.2 Å². The zero-order chi connectivity index (χ0) is 16.5. The van der Waals surface area contributed by atoms with Gasteiger partial charge in [-0.25, -0.2) is 0 Å². The molecule has 2 aliphatic heterocycles. The first-order chi connectivity index (χ1) is 11.7. The van der Waals surface area contributed by atoms with Crippen molar-refractivity contribution in [1.82, 2.24) is 4.90 Å². The number of halogens is 1. The molecule has 2 fully saturated rings. The minimum atomic E-state index is 0.426. The Labute approximate surface area is 149 Å². The molecule has 2 saturated heterocycles. The Morgan fingerprint density at radius 1 is 0.917 bits per heavy atom. The van der Waals surface area contributed by atoms with E-state index in [0.717, 1.165) is 17.1 Å². The molecule has 0 aliphatic carbocycles. The molecule has 126 valence electrons. The highest BCUT2D eigenvalue weighted by Crippen LogP contribution is 2.35. The van der Waals surface area contributed by atoms with Gasteiger partial charge >= 0.3 is 0 Å². The minimum Gasteiger partial charge on any atom is -0.373 e. The summed E-state index contributed by atoms with van der Waals surface area (Å²) in [5.41, 5.74) is 3.66. The summed E-state index contributed by atoms with van der Waals surface area (Å²) >= 11 is 5.95. The molecule has 0 radical (unpaired) electrons. The summed E-state index contributed by atoms with van der Waals surface area (Å²) in [4.78, 5) is 2.56. The van der Waals surface area contributed by atoms with Crippen LogP contribution in [0.25, 0.3) is 11.1 Å². The highest BCUT2D eigenvalue weighted by atomic mass is 35.5. The van der Waals surface area contributed by atoms with E-state index < -0.39 is 0 Å². The van der Waals surface area contributed by atoms with Crippen LogP contribution in [-0.2, 0) is 11.3 Å². The lowest BCUT2D eigenvalue weighted by Crippen LogP contribution is -2.42. The smallest absolute Gasteiger partial charge is 0.0720 e. The molecule has 24 heavy (non-hydrogen) atoms. The first kappa shape index (κ1) is 16.1. The fraction of sp³-hybridized carbons (Fsp3) is 0.429. The molecule has 2 heterocycles. The highest BCUT2D eigenvalue weighted by Gasteiger charge is 2.38. The average Bonchev–Trinajstić information content (AvgIpc) is 2.83. The predicted molar refractivity (Wildman–Crippen MR) is 99.3 cm³/mol. The van der Waals surface area contributed by atoms with Gasteiger partial charge in [0.2, 0.25) is 0 Å². The summed E-state index contributed by atoms with van der Waals surface area (Å²) in [6, 6.07) is 18.1. The van der Waals surface area contributed by atoms with Crippen LogP contribution in [0.4, 0.5) is 0 Å². The van der Waals surface area contributed by atoms with E-state index in [4.69, 9.17) is 16.3 Å². The number of rotatable bonds is 4. The largest absolute Gasteiger partial charge is 0.373 e. The van der Waals surface area contributed by atoms with Crippen molar-refractivity contribution >= 4 is 11.6 Å². The van der Waals surface area contributed by atoms with Crippen LogP contribution in [0.2, 0.25) is 5.02 Å². The number of hydrogen-bond donors (Lipinski definition) is 0. The zero-order valence-electron chi connectivity index (χ0n) is 14.1. The lowest BCUT2D eigenvalue weighted by atomic mass is 10.0. The predicted octanol–water partition coefficient (Wildman–Crippen LogP) is 5.15. The van der Waals surface area contributed by atoms with Gasteiger partial charge in [0, 0.05) is 17.1 Å². The van der Waals surface area contributed by atoms with E-state index in [1.54, 1.807) is 0 Å². The van der Waals surface area contributed by atoms with Gasteiger partial charge in [0.25, 0.3) is 0 Å². The molecule has 0 spiro atoms. The number of hydrogen-bond acceptors (Lipinski definition) is 2. The summed E-state index contributed by atoms with van der Waals surface area (Å²) in [6.07, 6.45) is 5.49. The normalized spacial score (nSPS) is 26.7. The first-order valence-electron chi connectivity index (χ1n) is 8.87. The molecule has 2 nitrogen and oxygen atoms in total. The van der Waals surface area contributed by atoms with Crippen molar-refractivity contribution in [2.75, 3.05) is 7.05 Å². The van der Waals surface area contributed by atoms with Crippen LogP contribution in [-0.4, -0.2) is 30.1 Å². The van der Waals surface area contributed by atoms with Crippen LogP contribution >= 0.6 is 11.6 Å². The number of fused-ring (bicyclic) bond motifs is 2. The Bertz CT molecular complexity index is 668. The van der Waals surface area contributed by atoms with Crippen molar-refractivity contribution in [3.05, 3.63) is 59.1 Å². The fourth-order valence-corrected chi connectivity index (χ4v) is 4.27. The molecule has 2 bridgehead atoms. The summed E-state index contributed by atoms with van der Waals surface area (Å²) in [5, 5.41) is 0.774. The zero-order valence-corrected chi connectivity index (χ0v) is 14.9. The molecule has 2 aliphatic rings. The van der Waals surface area contributed by atoms with Gasteiger partial charge in [0.15, 0.2) is 0 Å². The van der Waals surface area contributed by atoms with E-state index >= 15 is 0 Å². The van der Waals surface area contributed by atoms with E-state index in [-0.39, 0.29) is 0 Å². The standard InChI is InChI=1S/C21H24ClNO/c1-23-19-10-11-20(23)13-21(12-19)24-14-15-2-4-16(5-3-15)17-6-8-18(22)9-7-17/h2-9,19-21H,10-14H2,1H3. The van der Waals surface area contributed by atoms with Gasteiger partial charge in [0.05, 0.1) is 12.7 Å². The number of nitrogens with zero attached hydrogens (tertiary/aromatic N) is 1. The van der Waals surface area contributed by atoms with Gasteiger partial charge < -0.3 is 9.64 Å². The topological polar surface area (TPSA) is 12.5 Å². The van der Waals surface area contributed by atoms with Gasteiger partial charge in [-0.05, 0) is 61.6 Å². The third-order valence-corrected chi connectivity index (χ3v) is 5.92. The molecule has 4 rings (SSSR count). The quantitative estimate of drug-likeness (QED) is 0.762.